The van der Waals surface area contributed by atoms with Crippen molar-refractivity contribution in [3.8, 4) is 45.3 Å². The summed E-state index contributed by atoms with van der Waals surface area (Å²) in [5, 5.41) is 9.79. The van der Waals surface area contributed by atoms with Gasteiger partial charge in [0, 0.05) is 42.2 Å². The fourth-order valence-electron chi connectivity index (χ4n) is 6.99. The molecule has 0 saturated heterocycles. The number of hydrogen-bond donors (Lipinski definition) is 0. The molecule has 0 saturated carbocycles. The average molecular weight is 642 g/mol. The highest BCUT2D eigenvalue weighted by Crippen LogP contribution is 2.43. The zero-order valence-corrected chi connectivity index (χ0v) is 27.2. The number of fused-ring (bicyclic) bond motifs is 7. The van der Waals surface area contributed by atoms with Gasteiger partial charge in [-0.25, -0.2) is 15.0 Å². The standard InChI is InChI=1S/C45H27N3S/c1-2-11-30(12-3-1)43-46-44(31-21-18-29(19-22-31)35-23-20-28-10-4-5-13-32(28)24-35)48-45(47-43)40-27-39-38-25-33-14-6-7-15-34(33)26-41(38)49-42(39)37-17-9-8-16-36(37)40/h1-27H. The molecule has 228 valence electrons. The van der Waals surface area contributed by atoms with Crippen molar-refractivity contribution in [3.05, 3.63) is 164 Å². The van der Waals surface area contributed by atoms with Crippen LogP contribution in [0.2, 0.25) is 0 Å². The maximum absolute atomic E-state index is 5.20. The lowest BCUT2D eigenvalue weighted by Gasteiger charge is -2.12. The Kier molecular flexibility index (Phi) is 6.36. The number of rotatable bonds is 4. The predicted molar refractivity (Wildman–Crippen MR) is 207 cm³/mol. The first-order valence-electron chi connectivity index (χ1n) is 16.4. The molecule has 0 radical (unpaired) electrons. The van der Waals surface area contributed by atoms with Crippen molar-refractivity contribution in [3.63, 3.8) is 0 Å². The quantitative estimate of drug-likeness (QED) is 0.192. The molecule has 3 nitrogen and oxygen atoms in total. The molecule has 2 aromatic heterocycles. The van der Waals surface area contributed by atoms with E-state index < -0.39 is 0 Å². The van der Waals surface area contributed by atoms with Gasteiger partial charge in [-0.2, -0.15) is 0 Å². The van der Waals surface area contributed by atoms with E-state index in [-0.39, 0.29) is 0 Å². The van der Waals surface area contributed by atoms with Crippen LogP contribution in [0.1, 0.15) is 0 Å². The van der Waals surface area contributed by atoms with Crippen LogP contribution in [0, 0.1) is 0 Å². The summed E-state index contributed by atoms with van der Waals surface area (Å²) in [7, 11) is 0. The third-order valence-corrected chi connectivity index (χ3v) is 10.7. The zero-order chi connectivity index (χ0) is 32.3. The van der Waals surface area contributed by atoms with Crippen molar-refractivity contribution in [2.24, 2.45) is 0 Å². The summed E-state index contributed by atoms with van der Waals surface area (Å²) in [5.41, 5.74) is 5.24. The lowest BCUT2D eigenvalue weighted by atomic mass is 9.98. The van der Waals surface area contributed by atoms with Crippen LogP contribution in [0.5, 0.6) is 0 Å². The van der Waals surface area contributed by atoms with Gasteiger partial charge in [0.2, 0.25) is 0 Å². The molecule has 2 heterocycles. The summed E-state index contributed by atoms with van der Waals surface area (Å²) in [6, 6.07) is 58.0. The Balaban J connectivity index is 1.17. The number of nitrogens with zero attached hydrogens (tertiary/aromatic N) is 3. The summed E-state index contributed by atoms with van der Waals surface area (Å²) >= 11 is 1.86. The minimum atomic E-state index is 0.652. The fourth-order valence-corrected chi connectivity index (χ4v) is 8.24. The number of benzene rings is 8. The topological polar surface area (TPSA) is 38.7 Å². The molecular weight excluding hydrogens is 615 g/mol. The summed E-state index contributed by atoms with van der Waals surface area (Å²) < 4.78 is 2.57. The van der Waals surface area contributed by atoms with Gasteiger partial charge in [0.05, 0.1) is 0 Å². The first-order valence-corrected chi connectivity index (χ1v) is 17.3. The van der Waals surface area contributed by atoms with Crippen LogP contribution in [0.25, 0.3) is 97.8 Å². The van der Waals surface area contributed by atoms with Crippen LogP contribution >= 0.6 is 11.3 Å². The summed E-state index contributed by atoms with van der Waals surface area (Å²) in [4.78, 5) is 15.4. The van der Waals surface area contributed by atoms with Gasteiger partial charge in [0.25, 0.3) is 0 Å². The van der Waals surface area contributed by atoms with Crippen LogP contribution in [0.3, 0.4) is 0 Å². The molecule has 0 unspecified atom stereocenters. The molecule has 0 amide bonds. The lowest BCUT2D eigenvalue weighted by molar-refractivity contribution is 1.08. The third kappa shape index (κ3) is 4.76. The van der Waals surface area contributed by atoms with E-state index in [1.54, 1.807) is 0 Å². The monoisotopic (exact) mass is 641 g/mol. The van der Waals surface area contributed by atoms with Crippen LogP contribution < -0.4 is 0 Å². The molecule has 0 fully saturated rings. The molecule has 0 aliphatic rings. The fraction of sp³-hybridized carbons (Fsp3) is 0. The number of hydrogen-bond acceptors (Lipinski definition) is 4. The summed E-state index contributed by atoms with van der Waals surface area (Å²) in [6.45, 7) is 0. The Morgan fingerprint density at radius 2 is 0.878 bits per heavy atom. The van der Waals surface area contributed by atoms with Gasteiger partial charge >= 0.3 is 0 Å². The molecular formula is C45H27N3S. The van der Waals surface area contributed by atoms with Crippen molar-refractivity contribution in [2.45, 2.75) is 0 Å². The highest BCUT2D eigenvalue weighted by Gasteiger charge is 2.18. The molecule has 4 heteroatoms. The van der Waals surface area contributed by atoms with E-state index in [4.69, 9.17) is 15.0 Å². The highest BCUT2D eigenvalue weighted by atomic mass is 32.1. The summed E-state index contributed by atoms with van der Waals surface area (Å²) in [6.07, 6.45) is 0. The molecule has 0 aliphatic carbocycles. The molecule has 0 N–H and O–H groups in total. The van der Waals surface area contributed by atoms with Gasteiger partial charge in [-0.3, -0.25) is 0 Å². The van der Waals surface area contributed by atoms with Gasteiger partial charge in [0.1, 0.15) is 0 Å². The van der Waals surface area contributed by atoms with Crippen LogP contribution in [0.4, 0.5) is 0 Å². The van der Waals surface area contributed by atoms with Crippen molar-refractivity contribution in [1.29, 1.82) is 0 Å². The van der Waals surface area contributed by atoms with E-state index >= 15 is 0 Å². The Labute approximate surface area is 286 Å². The van der Waals surface area contributed by atoms with Crippen molar-refractivity contribution < 1.29 is 0 Å². The second-order valence-corrected chi connectivity index (χ2v) is 13.5. The van der Waals surface area contributed by atoms with Gasteiger partial charge in [-0.15, -0.1) is 11.3 Å². The SMILES string of the molecule is c1ccc(-c2nc(-c3ccc(-c4ccc5ccccc5c4)cc3)nc(-c3cc4c5cc6ccccc6cc5sc4c4ccccc34)n2)cc1. The molecule has 0 spiro atoms. The minimum absolute atomic E-state index is 0.652. The van der Waals surface area contributed by atoms with E-state index in [9.17, 15) is 0 Å². The Morgan fingerprint density at radius 1 is 0.327 bits per heavy atom. The zero-order valence-electron chi connectivity index (χ0n) is 26.3. The second-order valence-electron chi connectivity index (χ2n) is 12.5. The second kappa shape index (κ2) is 11.2. The highest BCUT2D eigenvalue weighted by molar-refractivity contribution is 7.26. The Morgan fingerprint density at radius 3 is 1.63 bits per heavy atom. The third-order valence-electron chi connectivity index (χ3n) is 9.48. The van der Waals surface area contributed by atoms with E-state index in [1.807, 2.05) is 29.5 Å². The Hall–Kier alpha value is -6.23. The molecule has 10 rings (SSSR count). The maximum atomic E-state index is 5.20. The van der Waals surface area contributed by atoms with E-state index in [2.05, 4.69) is 146 Å². The van der Waals surface area contributed by atoms with Crippen molar-refractivity contribution in [2.75, 3.05) is 0 Å². The lowest BCUT2D eigenvalue weighted by Crippen LogP contribution is -2.00. The molecule has 0 aliphatic heterocycles. The molecule has 8 aromatic carbocycles. The normalized spacial score (nSPS) is 11.7. The van der Waals surface area contributed by atoms with Crippen molar-refractivity contribution in [1.82, 2.24) is 15.0 Å². The van der Waals surface area contributed by atoms with Crippen LogP contribution in [-0.4, -0.2) is 15.0 Å². The molecule has 0 bridgehead atoms. The van der Waals surface area contributed by atoms with E-state index in [0.29, 0.717) is 17.5 Å². The summed E-state index contributed by atoms with van der Waals surface area (Å²) in [5.74, 6) is 1.98. The van der Waals surface area contributed by atoms with Crippen LogP contribution in [0.15, 0.2) is 164 Å². The molecule has 49 heavy (non-hydrogen) atoms. The smallest absolute Gasteiger partial charge is 0.164 e. The van der Waals surface area contributed by atoms with E-state index in [1.165, 1.54) is 52.7 Å². The first kappa shape index (κ1) is 27.8. The average Bonchev–Trinajstić information content (AvgIpc) is 3.54. The molecule has 10 aromatic rings. The largest absolute Gasteiger partial charge is 0.208 e. The molecule has 0 atom stereocenters. The van der Waals surface area contributed by atoms with Gasteiger partial charge < -0.3 is 0 Å². The number of thiophene rings is 1. The Bertz CT molecular complexity index is 2870. The van der Waals surface area contributed by atoms with Crippen LogP contribution in [-0.2, 0) is 0 Å². The van der Waals surface area contributed by atoms with Crippen molar-refractivity contribution >= 4 is 63.8 Å². The van der Waals surface area contributed by atoms with Gasteiger partial charge in [0.15, 0.2) is 17.5 Å². The van der Waals surface area contributed by atoms with Gasteiger partial charge in [-0.1, -0.05) is 140 Å². The van der Waals surface area contributed by atoms with Gasteiger partial charge in [-0.05, 0) is 62.3 Å². The van der Waals surface area contributed by atoms with E-state index in [0.717, 1.165) is 27.6 Å². The maximum Gasteiger partial charge on any atom is 0.164 e. The predicted octanol–water partition coefficient (Wildman–Crippen LogP) is 12.4. The minimum Gasteiger partial charge on any atom is -0.208 e. The first-order chi connectivity index (χ1) is 24.2. The number of aromatic nitrogens is 3.